The van der Waals surface area contributed by atoms with Gasteiger partial charge in [-0.2, -0.15) is 0 Å². The Labute approximate surface area is 153 Å². The Morgan fingerprint density at radius 2 is 1.96 bits per heavy atom. The van der Waals surface area contributed by atoms with Crippen molar-refractivity contribution in [1.29, 1.82) is 0 Å². The van der Waals surface area contributed by atoms with Crippen molar-refractivity contribution in [1.82, 2.24) is 4.31 Å². The van der Waals surface area contributed by atoms with Crippen molar-refractivity contribution in [3.8, 4) is 0 Å². The molecule has 26 heavy (non-hydrogen) atoms. The van der Waals surface area contributed by atoms with Crippen LogP contribution in [0.2, 0.25) is 0 Å². The summed E-state index contributed by atoms with van der Waals surface area (Å²) in [6.45, 7) is 3.44. The number of nitrogens with zero attached hydrogens (tertiary/aromatic N) is 1. The molecule has 0 aromatic heterocycles. The molecule has 2 aliphatic heterocycles. The summed E-state index contributed by atoms with van der Waals surface area (Å²) in [7, 11) is -3.37. The third-order valence-corrected chi connectivity index (χ3v) is 7.38. The summed E-state index contributed by atoms with van der Waals surface area (Å²) < 4.78 is 45.1. The van der Waals surface area contributed by atoms with Gasteiger partial charge in [-0.15, -0.1) is 0 Å². The van der Waals surface area contributed by atoms with E-state index in [-0.39, 0.29) is 24.0 Å². The summed E-state index contributed by atoms with van der Waals surface area (Å²) in [5.41, 5.74) is 0.108. The molecule has 2 saturated heterocycles. The number of hydrogen-bond donors (Lipinski definition) is 1. The van der Waals surface area contributed by atoms with E-state index in [0.29, 0.717) is 44.7 Å². The molecule has 0 radical (unpaired) electrons. The first-order chi connectivity index (χ1) is 12.4. The van der Waals surface area contributed by atoms with Crippen LogP contribution < -0.4 is 5.32 Å². The van der Waals surface area contributed by atoms with Crippen molar-refractivity contribution in [2.24, 2.45) is 11.3 Å². The number of carbonyl (C=O) groups is 1. The van der Waals surface area contributed by atoms with Crippen LogP contribution in [0.3, 0.4) is 0 Å². The molecule has 8 heteroatoms. The van der Waals surface area contributed by atoms with Crippen LogP contribution in [-0.4, -0.2) is 50.7 Å². The Balaban J connectivity index is 1.82. The Hall–Kier alpha value is -1.51. The molecule has 0 aliphatic carbocycles. The minimum absolute atomic E-state index is 0.0892. The molecule has 0 saturated carbocycles. The molecule has 2 aliphatic rings. The van der Waals surface area contributed by atoms with Gasteiger partial charge in [0.25, 0.3) is 0 Å². The first kappa shape index (κ1) is 19.3. The van der Waals surface area contributed by atoms with Crippen molar-refractivity contribution >= 4 is 21.6 Å². The molecule has 1 amide bonds. The number of amides is 1. The first-order valence-electron chi connectivity index (χ1n) is 8.98. The second kappa shape index (κ2) is 7.62. The summed E-state index contributed by atoms with van der Waals surface area (Å²) in [4.78, 5) is 12.9. The predicted molar refractivity (Wildman–Crippen MR) is 96.7 cm³/mol. The molecule has 3 rings (SSSR count). The highest BCUT2D eigenvalue weighted by Gasteiger charge is 2.53. The smallest absolute Gasteiger partial charge is 0.229 e. The molecule has 2 fully saturated rings. The van der Waals surface area contributed by atoms with Gasteiger partial charge in [-0.25, -0.2) is 17.1 Å². The summed E-state index contributed by atoms with van der Waals surface area (Å²) in [5, 5.41) is 2.82. The van der Waals surface area contributed by atoms with Crippen LogP contribution in [0, 0.1) is 17.2 Å². The maximum atomic E-state index is 13.1. The van der Waals surface area contributed by atoms with E-state index in [4.69, 9.17) is 4.74 Å². The summed E-state index contributed by atoms with van der Waals surface area (Å²) >= 11 is 0. The second-order valence-corrected chi connectivity index (χ2v) is 9.22. The Bertz CT molecular complexity index is 745. The Morgan fingerprint density at radius 3 is 2.58 bits per heavy atom. The minimum Gasteiger partial charge on any atom is -0.381 e. The summed E-state index contributed by atoms with van der Waals surface area (Å²) in [6, 6.07) is 5.58. The summed E-state index contributed by atoms with van der Waals surface area (Å²) in [5.74, 6) is -0.941. The van der Waals surface area contributed by atoms with Gasteiger partial charge < -0.3 is 10.1 Å². The number of hydrogen-bond acceptors (Lipinski definition) is 4. The van der Waals surface area contributed by atoms with Gasteiger partial charge in [-0.1, -0.05) is 6.92 Å². The van der Waals surface area contributed by atoms with E-state index in [2.05, 4.69) is 5.32 Å². The number of nitrogens with one attached hydrogen (secondary N) is 1. The fraction of sp³-hybridized carbons (Fsp3) is 0.611. The lowest BCUT2D eigenvalue weighted by atomic mass is 9.72. The highest BCUT2D eigenvalue weighted by atomic mass is 32.2. The quantitative estimate of drug-likeness (QED) is 0.845. The molecule has 0 unspecified atom stereocenters. The van der Waals surface area contributed by atoms with E-state index >= 15 is 0 Å². The van der Waals surface area contributed by atoms with E-state index in [1.54, 1.807) is 0 Å². The van der Waals surface area contributed by atoms with Gasteiger partial charge in [0.05, 0.1) is 11.7 Å². The molecular weight excluding hydrogens is 359 g/mol. The van der Waals surface area contributed by atoms with Crippen molar-refractivity contribution in [2.75, 3.05) is 37.4 Å². The third-order valence-electron chi connectivity index (χ3n) is 5.39. The first-order valence-corrected chi connectivity index (χ1v) is 10.6. The van der Waals surface area contributed by atoms with Crippen molar-refractivity contribution in [2.45, 2.75) is 26.2 Å². The number of rotatable bonds is 5. The number of ether oxygens (including phenoxy) is 1. The lowest BCUT2D eigenvalue weighted by molar-refractivity contribution is -0.124. The zero-order valence-electron chi connectivity index (χ0n) is 14.9. The van der Waals surface area contributed by atoms with E-state index in [1.165, 1.54) is 28.6 Å². The van der Waals surface area contributed by atoms with Crippen LogP contribution in [0.5, 0.6) is 0 Å². The standard InChI is InChI=1S/C18H25FN2O4S/c1-2-11-26(23,24)21-12-16(18(13-21)7-9-25-10-8-18)17(22)20-15-5-3-14(19)4-6-15/h3-6,16H,2,7-13H2,1H3,(H,20,22)/t16-/m0/s1. The molecule has 6 nitrogen and oxygen atoms in total. The predicted octanol–water partition coefficient (Wildman–Crippen LogP) is 2.23. The molecule has 1 N–H and O–H groups in total. The second-order valence-electron chi connectivity index (χ2n) is 7.13. The lowest BCUT2D eigenvalue weighted by Gasteiger charge is -2.37. The van der Waals surface area contributed by atoms with E-state index in [1.807, 2.05) is 6.92 Å². The molecule has 144 valence electrons. The number of benzene rings is 1. The Morgan fingerprint density at radius 1 is 1.31 bits per heavy atom. The van der Waals surface area contributed by atoms with Gasteiger partial charge in [0.1, 0.15) is 5.82 Å². The fourth-order valence-electron chi connectivity index (χ4n) is 3.93. The van der Waals surface area contributed by atoms with Gasteiger partial charge >= 0.3 is 0 Å². The number of halogens is 1. The molecule has 2 heterocycles. The van der Waals surface area contributed by atoms with Crippen molar-refractivity contribution in [3.05, 3.63) is 30.1 Å². The van der Waals surface area contributed by atoms with Crippen LogP contribution >= 0.6 is 0 Å². The van der Waals surface area contributed by atoms with Gasteiger partial charge in [0.15, 0.2) is 0 Å². The van der Waals surface area contributed by atoms with E-state index in [0.717, 1.165) is 0 Å². The molecule has 0 bridgehead atoms. The fourth-order valence-corrected chi connectivity index (χ4v) is 5.53. The number of carbonyl (C=O) groups excluding carboxylic acids is 1. The monoisotopic (exact) mass is 384 g/mol. The van der Waals surface area contributed by atoms with Crippen LogP contribution in [0.25, 0.3) is 0 Å². The molecular formula is C18H25FN2O4S. The average molecular weight is 384 g/mol. The zero-order valence-corrected chi connectivity index (χ0v) is 15.7. The topological polar surface area (TPSA) is 75.7 Å². The van der Waals surface area contributed by atoms with Crippen LogP contribution in [-0.2, 0) is 19.6 Å². The van der Waals surface area contributed by atoms with Crippen LogP contribution in [0.4, 0.5) is 10.1 Å². The SMILES string of the molecule is CCCS(=O)(=O)N1C[C@@H](C(=O)Nc2ccc(F)cc2)C2(CCOCC2)C1. The van der Waals surface area contributed by atoms with E-state index < -0.39 is 21.4 Å². The number of anilines is 1. The average Bonchev–Trinajstić information content (AvgIpc) is 2.97. The van der Waals surface area contributed by atoms with Crippen molar-refractivity contribution in [3.63, 3.8) is 0 Å². The normalized spacial score (nSPS) is 23.2. The minimum atomic E-state index is -3.37. The van der Waals surface area contributed by atoms with Gasteiger partial charge in [-0.05, 0) is 43.5 Å². The molecule has 1 atom stereocenters. The van der Waals surface area contributed by atoms with Crippen LogP contribution in [0.15, 0.2) is 24.3 Å². The molecule has 1 aromatic rings. The maximum Gasteiger partial charge on any atom is 0.229 e. The van der Waals surface area contributed by atoms with E-state index in [9.17, 15) is 17.6 Å². The van der Waals surface area contributed by atoms with Gasteiger partial charge in [-0.3, -0.25) is 4.79 Å². The van der Waals surface area contributed by atoms with Gasteiger partial charge in [0, 0.05) is 37.4 Å². The highest BCUT2D eigenvalue weighted by Crippen LogP contribution is 2.45. The lowest BCUT2D eigenvalue weighted by Crippen LogP contribution is -2.42. The summed E-state index contributed by atoms with van der Waals surface area (Å²) in [6.07, 6.45) is 1.86. The number of sulfonamides is 1. The highest BCUT2D eigenvalue weighted by molar-refractivity contribution is 7.89. The Kier molecular flexibility index (Phi) is 5.64. The third kappa shape index (κ3) is 3.92. The van der Waals surface area contributed by atoms with Crippen molar-refractivity contribution < 1.29 is 22.3 Å². The van der Waals surface area contributed by atoms with Crippen LogP contribution in [0.1, 0.15) is 26.2 Å². The zero-order chi connectivity index (χ0) is 18.8. The molecule has 1 aromatic carbocycles. The molecule has 1 spiro atoms. The van der Waals surface area contributed by atoms with Gasteiger partial charge in [0.2, 0.25) is 15.9 Å². The largest absolute Gasteiger partial charge is 0.381 e. The maximum absolute atomic E-state index is 13.1.